The van der Waals surface area contributed by atoms with Crippen molar-refractivity contribution < 1.29 is 14.3 Å². The van der Waals surface area contributed by atoms with Crippen molar-refractivity contribution in [2.24, 2.45) is 5.92 Å². The lowest BCUT2D eigenvalue weighted by Crippen LogP contribution is -2.40. The van der Waals surface area contributed by atoms with Crippen molar-refractivity contribution in [2.75, 3.05) is 6.61 Å². The third-order valence-electron chi connectivity index (χ3n) is 3.44. The van der Waals surface area contributed by atoms with Crippen molar-refractivity contribution in [2.45, 2.75) is 25.8 Å². The number of nitrogens with zero attached hydrogens (tertiary/aromatic N) is 1. The van der Waals surface area contributed by atoms with Gasteiger partial charge in [-0.25, -0.2) is 9.69 Å². The molecule has 0 aromatic heterocycles. The van der Waals surface area contributed by atoms with Gasteiger partial charge in [0.05, 0.1) is 6.04 Å². The van der Waals surface area contributed by atoms with Crippen LogP contribution in [-0.2, 0) is 16.0 Å². The highest BCUT2D eigenvalue weighted by atomic mass is 16.6. The van der Waals surface area contributed by atoms with Crippen LogP contribution in [0.5, 0.6) is 0 Å². The topological polar surface area (TPSA) is 46.6 Å². The number of allylic oxidation sites excluding steroid dienone is 1. The second-order valence-electron chi connectivity index (χ2n) is 5.10. The normalized spacial score (nSPS) is 19.6. The smallest absolute Gasteiger partial charge is 0.416 e. The second kappa shape index (κ2) is 6.37. The van der Waals surface area contributed by atoms with Gasteiger partial charge in [0, 0.05) is 6.42 Å². The van der Waals surface area contributed by atoms with Crippen molar-refractivity contribution in [3.05, 3.63) is 48.6 Å². The van der Waals surface area contributed by atoms with E-state index in [9.17, 15) is 9.59 Å². The van der Waals surface area contributed by atoms with E-state index in [0.29, 0.717) is 6.42 Å². The van der Waals surface area contributed by atoms with Crippen molar-refractivity contribution >= 4 is 12.0 Å². The molecule has 106 valence electrons. The number of carbonyl (C=O) groups excluding carboxylic acids is 2. The Morgan fingerprint density at radius 2 is 2.20 bits per heavy atom. The molecule has 1 aromatic rings. The summed E-state index contributed by atoms with van der Waals surface area (Å²) < 4.78 is 5.03. The van der Waals surface area contributed by atoms with E-state index < -0.39 is 6.09 Å². The number of amides is 2. The molecular formula is C16H19NO3. The largest absolute Gasteiger partial charge is 0.447 e. The first-order chi connectivity index (χ1) is 9.61. The molecule has 4 heteroatoms. The molecule has 0 saturated carbocycles. The van der Waals surface area contributed by atoms with Crippen LogP contribution in [-0.4, -0.2) is 29.5 Å². The highest BCUT2D eigenvalue weighted by Crippen LogP contribution is 2.20. The molecule has 1 heterocycles. The van der Waals surface area contributed by atoms with Gasteiger partial charge < -0.3 is 4.74 Å². The monoisotopic (exact) mass is 273 g/mol. The Hall–Kier alpha value is -2.10. The Balaban J connectivity index is 2.06. The predicted molar refractivity (Wildman–Crippen MR) is 76.1 cm³/mol. The summed E-state index contributed by atoms with van der Waals surface area (Å²) in [6, 6.07) is 9.58. The van der Waals surface area contributed by atoms with Crippen LogP contribution in [0, 0.1) is 5.92 Å². The molecule has 2 atom stereocenters. The first-order valence-electron chi connectivity index (χ1n) is 6.77. The number of hydrogen-bond donors (Lipinski definition) is 0. The highest BCUT2D eigenvalue weighted by Gasteiger charge is 2.37. The number of benzene rings is 1. The van der Waals surface area contributed by atoms with E-state index in [-0.39, 0.29) is 30.9 Å². The van der Waals surface area contributed by atoms with Gasteiger partial charge in [0.15, 0.2) is 0 Å². The van der Waals surface area contributed by atoms with Gasteiger partial charge in [-0.3, -0.25) is 4.79 Å². The number of rotatable bonds is 5. The minimum Gasteiger partial charge on any atom is -0.447 e. The zero-order chi connectivity index (χ0) is 14.5. The van der Waals surface area contributed by atoms with Crippen molar-refractivity contribution in [3.8, 4) is 0 Å². The molecule has 2 amide bonds. The Labute approximate surface area is 119 Å². The quantitative estimate of drug-likeness (QED) is 0.775. The average molecular weight is 273 g/mol. The van der Waals surface area contributed by atoms with E-state index in [4.69, 9.17) is 4.74 Å². The SMILES string of the molecule is C=CC(C)CC(=O)N1C(=O)OC[C@@H]1Cc1ccccc1. The lowest BCUT2D eigenvalue weighted by atomic mass is 10.0. The van der Waals surface area contributed by atoms with E-state index in [1.54, 1.807) is 6.08 Å². The first kappa shape index (κ1) is 14.3. The summed E-state index contributed by atoms with van der Waals surface area (Å²) in [5.74, 6) is -0.144. The van der Waals surface area contributed by atoms with Crippen LogP contribution < -0.4 is 0 Å². The third-order valence-corrected chi connectivity index (χ3v) is 3.44. The Kier molecular flexibility index (Phi) is 4.56. The molecule has 0 spiro atoms. The van der Waals surface area contributed by atoms with E-state index >= 15 is 0 Å². The summed E-state index contributed by atoms with van der Waals surface area (Å²) in [7, 11) is 0. The summed E-state index contributed by atoms with van der Waals surface area (Å²) in [5, 5.41) is 0. The first-order valence-corrected chi connectivity index (χ1v) is 6.77. The molecule has 0 aliphatic carbocycles. The number of hydrogen-bond acceptors (Lipinski definition) is 3. The fourth-order valence-electron chi connectivity index (χ4n) is 2.26. The highest BCUT2D eigenvalue weighted by molar-refractivity contribution is 5.93. The summed E-state index contributed by atoms with van der Waals surface area (Å²) in [6.45, 7) is 5.83. The molecule has 1 saturated heterocycles. The molecule has 1 aromatic carbocycles. The number of ether oxygens (including phenoxy) is 1. The van der Waals surface area contributed by atoms with Crippen LogP contribution in [0.1, 0.15) is 18.9 Å². The van der Waals surface area contributed by atoms with E-state index in [1.165, 1.54) is 4.90 Å². The lowest BCUT2D eigenvalue weighted by Gasteiger charge is -2.20. The number of cyclic esters (lactones) is 1. The van der Waals surface area contributed by atoms with Gasteiger partial charge in [-0.1, -0.05) is 43.3 Å². The standard InChI is InChI=1S/C16H19NO3/c1-3-12(2)9-15(18)17-14(11-20-16(17)19)10-13-7-5-4-6-8-13/h3-8,12,14H,1,9-11H2,2H3/t12?,14-/m0/s1. The zero-order valence-corrected chi connectivity index (χ0v) is 11.6. The van der Waals surface area contributed by atoms with Crippen molar-refractivity contribution in [3.63, 3.8) is 0 Å². The lowest BCUT2D eigenvalue weighted by molar-refractivity contribution is -0.129. The van der Waals surface area contributed by atoms with Crippen molar-refractivity contribution in [1.82, 2.24) is 4.90 Å². The van der Waals surface area contributed by atoms with E-state index in [1.807, 2.05) is 37.3 Å². The summed E-state index contributed by atoms with van der Waals surface area (Å²) in [5.41, 5.74) is 1.09. The van der Waals surface area contributed by atoms with E-state index in [0.717, 1.165) is 5.56 Å². The van der Waals surface area contributed by atoms with Gasteiger partial charge in [-0.05, 0) is 17.9 Å². The fraction of sp³-hybridized carbons (Fsp3) is 0.375. The molecule has 0 bridgehead atoms. The summed E-state index contributed by atoms with van der Waals surface area (Å²) >= 11 is 0. The van der Waals surface area contributed by atoms with Crippen LogP contribution in [0.15, 0.2) is 43.0 Å². The molecule has 2 rings (SSSR count). The number of imide groups is 1. The Morgan fingerprint density at radius 3 is 2.85 bits per heavy atom. The van der Waals surface area contributed by atoms with Crippen LogP contribution >= 0.6 is 0 Å². The van der Waals surface area contributed by atoms with Crippen molar-refractivity contribution in [1.29, 1.82) is 0 Å². The van der Waals surface area contributed by atoms with Crippen LogP contribution in [0.25, 0.3) is 0 Å². The second-order valence-corrected chi connectivity index (χ2v) is 5.10. The fourth-order valence-corrected chi connectivity index (χ4v) is 2.26. The molecule has 20 heavy (non-hydrogen) atoms. The summed E-state index contributed by atoms with van der Waals surface area (Å²) in [4.78, 5) is 25.2. The van der Waals surface area contributed by atoms with E-state index in [2.05, 4.69) is 6.58 Å². The Bertz CT molecular complexity index is 498. The average Bonchev–Trinajstić information content (AvgIpc) is 2.80. The zero-order valence-electron chi connectivity index (χ0n) is 11.6. The molecule has 1 fully saturated rings. The Morgan fingerprint density at radius 1 is 1.50 bits per heavy atom. The molecule has 1 aliphatic heterocycles. The van der Waals surface area contributed by atoms with Crippen LogP contribution in [0.3, 0.4) is 0 Å². The molecule has 0 N–H and O–H groups in total. The molecular weight excluding hydrogens is 254 g/mol. The molecule has 4 nitrogen and oxygen atoms in total. The van der Waals surface area contributed by atoms with Gasteiger partial charge in [0.2, 0.25) is 5.91 Å². The van der Waals surface area contributed by atoms with Gasteiger partial charge in [0.25, 0.3) is 0 Å². The number of carbonyl (C=O) groups is 2. The molecule has 0 radical (unpaired) electrons. The minimum absolute atomic E-state index is 0.0493. The minimum atomic E-state index is -0.535. The van der Waals surface area contributed by atoms with Gasteiger partial charge in [0.1, 0.15) is 6.61 Å². The maximum atomic E-state index is 12.2. The van der Waals surface area contributed by atoms with Gasteiger partial charge >= 0.3 is 6.09 Å². The third kappa shape index (κ3) is 3.26. The molecule has 1 unspecified atom stereocenters. The van der Waals surface area contributed by atoms with Crippen LogP contribution in [0.4, 0.5) is 4.79 Å². The van der Waals surface area contributed by atoms with Crippen LogP contribution in [0.2, 0.25) is 0 Å². The maximum absolute atomic E-state index is 12.2. The molecule has 1 aliphatic rings. The predicted octanol–water partition coefficient (Wildman–Crippen LogP) is 2.79. The maximum Gasteiger partial charge on any atom is 0.416 e. The van der Waals surface area contributed by atoms with Gasteiger partial charge in [-0.2, -0.15) is 0 Å². The summed E-state index contributed by atoms with van der Waals surface area (Å²) in [6.07, 6.45) is 2.09. The van der Waals surface area contributed by atoms with Gasteiger partial charge in [-0.15, -0.1) is 6.58 Å².